The Balaban J connectivity index is 2.28. The van der Waals surface area contributed by atoms with E-state index in [9.17, 15) is 14.4 Å². The lowest BCUT2D eigenvalue weighted by Gasteiger charge is -2.31. The summed E-state index contributed by atoms with van der Waals surface area (Å²) in [5.41, 5.74) is 1.29. The van der Waals surface area contributed by atoms with E-state index < -0.39 is 5.92 Å². The van der Waals surface area contributed by atoms with Crippen molar-refractivity contribution in [3.8, 4) is 0 Å². The number of nitrogens with zero attached hydrogens (tertiary/aromatic N) is 1. The number of carbonyl (C=O) groups is 3. The zero-order valence-electron chi connectivity index (χ0n) is 11.9. The SMILES string of the molecule is CCC(=O)[C@H]1CCCN(c2cccc(C(C)=O)c2)C1=O. The second-order valence-corrected chi connectivity index (χ2v) is 5.11. The molecule has 106 valence electrons. The van der Waals surface area contributed by atoms with Crippen LogP contribution in [0.15, 0.2) is 24.3 Å². The summed E-state index contributed by atoms with van der Waals surface area (Å²) in [7, 11) is 0. The van der Waals surface area contributed by atoms with Crippen molar-refractivity contribution in [2.24, 2.45) is 5.92 Å². The summed E-state index contributed by atoms with van der Waals surface area (Å²) in [6.45, 7) is 3.89. The van der Waals surface area contributed by atoms with Gasteiger partial charge in [0.2, 0.25) is 5.91 Å². The van der Waals surface area contributed by atoms with Gasteiger partial charge in [0.15, 0.2) is 5.78 Å². The van der Waals surface area contributed by atoms with Gasteiger partial charge in [-0.3, -0.25) is 14.4 Å². The third-order valence-corrected chi connectivity index (χ3v) is 3.74. The Bertz CT molecular complexity index is 550. The molecule has 0 aliphatic carbocycles. The smallest absolute Gasteiger partial charge is 0.237 e. The van der Waals surface area contributed by atoms with Gasteiger partial charge in [0, 0.05) is 24.2 Å². The lowest BCUT2D eigenvalue weighted by molar-refractivity contribution is -0.133. The fraction of sp³-hybridized carbons (Fsp3) is 0.438. The van der Waals surface area contributed by atoms with E-state index in [2.05, 4.69) is 0 Å². The Hall–Kier alpha value is -1.97. The van der Waals surface area contributed by atoms with Crippen LogP contribution in [0.25, 0.3) is 0 Å². The van der Waals surface area contributed by atoms with E-state index in [1.165, 1.54) is 6.92 Å². The molecule has 0 aromatic heterocycles. The number of rotatable bonds is 4. The van der Waals surface area contributed by atoms with Crippen molar-refractivity contribution in [1.29, 1.82) is 0 Å². The van der Waals surface area contributed by atoms with E-state index in [1.807, 2.05) is 6.07 Å². The Morgan fingerprint density at radius 2 is 2.10 bits per heavy atom. The van der Waals surface area contributed by atoms with Gasteiger partial charge in [-0.25, -0.2) is 0 Å². The van der Waals surface area contributed by atoms with Crippen molar-refractivity contribution in [3.05, 3.63) is 29.8 Å². The van der Waals surface area contributed by atoms with Gasteiger partial charge in [0.25, 0.3) is 0 Å². The molecule has 1 amide bonds. The van der Waals surface area contributed by atoms with Crippen molar-refractivity contribution in [2.45, 2.75) is 33.1 Å². The van der Waals surface area contributed by atoms with E-state index in [4.69, 9.17) is 0 Å². The molecule has 20 heavy (non-hydrogen) atoms. The zero-order chi connectivity index (χ0) is 14.7. The van der Waals surface area contributed by atoms with Gasteiger partial charge >= 0.3 is 0 Å². The highest BCUT2D eigenvalue weighted by atomic mass is 16.2. The van der Waals surface area contributed by atoms with Gasteiger partial charge in [0.1, 0.15) is 5.78 Å². The van der Waals surface area contributed by atoms with Crippen LogP contribution in [0.3, 0.4) is 0 Å². The number of amides is 1. The molecule has 1 aliphatic heterocycles. The average molecular weight is 273 g/mol. The van der Waals surface area contributed by atoms with Crippen LogP contribution in [0.2, 0.25) is 0 Å². The van der Waals surface area contributed by atoms with Crippen LogP contribution in [-0.4, -0.2) is 24.0 Å². The summed E-state index contributed by atoms with van der Waals surface area (Å²) < 4.78 is 0. The van der Waals surface area contributed by atoms with Crippen LogP contribution < -0.4 is 4.90 Å². The van der Waals surface area contributed by atoms with Gasteiger partial charge < -0.3 is 4.90 Å². The molecule has 1 aromatic rings. The van der Waals surface area contributed by atoms with Crippen LogP contribution in [0.5, 0.6) is 0 Å². The fourth-order valence-electron chi connectivity index (χ4n) is 2.57. The number of ketones is 2. The molecule has 0 bridgehead atoms. The number of anilines is 1. The van der Waals surface area contributed by atoms with Crippen molar-refractivity contribution >= 4 is 23.2 Å². The normalized spacial score (nSPS) is 19.0. The first kappa shape index (κ1) is 14.4. The minimum absolute atomic E-state index is 0.00224. The van der Waals surface area contributed by atoms with Crippen LogP contribution in [0, 0.1) is 5.92 Å². The maximum Gasteiger partial charge on any atom is 0.237 e. The topological polar surface area (TPSA) is 54.5 Å². The number of hydrogen-bond donors (Lipinski definition) is 0. The molecular formula is C16H19NO3. The maximum absolute atomic E-state index is 12.4. The van der Waals surface area contributed by atoms with Crippen LogP contribution in [-0.2, 0) is 9.59 Å². The van der Waals surface area contributed by atoms with Gasteiger partial charge in [-0.15, -0.1) is 0 Å². The number of Topliss-reactive ketones (excluding diaryl/α,β-unsaturated/α-hetero) is 2. The van der Waals surface area contributed by atoms with Crippen molar-refractivity contribution < 1.29 is 14.4 Å². The monoisotopic (exact) mass is 273 g/mol. The molecule has 0 N–H and O–H groups in total. The van der Waals surface area contributed by atoms with Gasteiger partial charge in [-0.1, -0.05) is 19.1 Å². The molecule has 1 saturated heterocycles. The zero-order valence-corrected chi connectivity index (χ0v) is 11.9. The first-order valence-corrected chi connectivity index (χ1v) is 6.99. The summed E-state index contributed by atoms with van der Waals surface area (Å²) >= 11 is 0. The molecule has 0 saturated carbocycles. The van der Waals surface area contributed by atoms with Crippen molar-refractivity contribution in [3.63, 3.8) is 0 Å². The van der Waals surface area contributed by atoms with E-state index >= 15 is 0 Å². The lowest BCUT2D eigenvalue weighted by Crippen LogP contribution is -2.44. The number of carbonyl (C=O) groups excluding carboxylic acids is 3. The summed E-state index contributed by atoms with van der Waals surface area (Å²) in [6.07, 6.45) is 1.83. The van der Waals surface area contributed by atoms with E-state index in [0.29, 0.717) is 30.6 Å². The Labute approximate surface area is 118 Å². The molecule has 1 fully saturated rings. The maximum atomic E-state index is 12.4. The molecule has 0 unspecified atom stereocenters. The lowest BCUT2D eigenvalue weighted by atomic mass is 9.91. The summed E-state index contributed by atoms with van der Waals surface area (Å²) in [6, 6.07) is 7.03. The first-order chi connectivity index (χ1) is 9.54. The Morgan fingerprint density at radius 3 is 2.75 bits per heavy atom. The van der Waals surface area contributed by atoms with Crippen molar-refractivity contribution in [1.82, 2.24) is 0 Å². The van der Waals surface area contributed by atoms with Crippen molar-refractivity contribution in [2.75, 3.05) is 11.4 Å². The van der Waals surface area contributed by atoms with E-state index in [1.54, 1.807) is 30.0 Å². The molecule has 1 atom stereocenters. The predicted octanol–water partition coefficient (Wildman–Crippen LogP) is 2.61. The van der Waals surface area contributed by atoms with Crippen LogP contribution in [0.4, 0.5) is 5.69 Å². The van der Waals surface area contributed by atoms with Gasteiger partial charge in [-0.2, -0.15) is 0 Å². The molecular weight excluding hydrogens is 254 g/mol. The number of benzene rings is 1. The first-order valence-electron chi connectivity index (χ1n) is 6.99. The fourth-order valence-corrected chi connectivity index (χ4v) is 2.57. The second kappa shape index (κ2) is 5.99. The third kappa shape index (κ3) is 2.79. The van der Waals surface area contributed by atoms with Gasteiger partial charge in [0.05, 0.1) is 5.92 Å². The number of piperidine rings is 1. The minimum atomic E-state index is -0.519. The molecule has 1 aromatic carbocycles. The van der Waals surface area contributed by atoms with Crippen LogP contribution in [0.1, 0.15) is 43.5 Å². The quantitative estimate of drug-likeness (QED) is 0.626. The molecule has 1 aliphatic rings. The highest BCUT2D eigenvalue weighted by molar-refractivity contribution is 6.09. The van der Waals surface area contributed by atoms with E-state index in [-0.39, 0.29) is 17.5 Å². The summed E-state index contributed by atoms with van der Waals surface area (Å²) in [5.74, 6) is -0.682. The minimum Gasteiger partial charge on any atom is -0.312 e. The third-order valence-electron chi connectivity index (χ3n) is 3.74. The average Bonchev–Trinajstić information content (AvgIpc) is 2.46. The highest BCUT2D eigenvalue weighted by Gasteiger charge is 2.33. The predicted molar refractivity (Wildman–Crippen MR) is 76.8 cm³/mol. The largest absolute Gasteiger partial charge is 0.312 e. The number of hydrogen-bond acceptors (Lipinski definition) is 3. The Kier molecular flexibility index (Phi) is 4.32. The summed E-state index contributed by atoms with van der Waals surface area (Å²) in [5, 5.41) is 0. The van der Waals surface area contributed by atoms with E-state index in [0.717, 1.165) is 6.42 Å². The second-order valence-electron chi connectivity index (χ2n) is 5.11. The molecule has 0 radical (unpaired) electrons. The molecule has 0 spiro atoms. The molecule has 2 rings (SSSR count). The Morgan fingerprint density at radius 1 is 1.35 bits per heavy atom. The van der Waals surface area contributed by atoms with Gasteiger partial charge in [-0.05, 0) is 31.9 Å². The molecule has 1 heterocycles. The molecule has 4 nitrogen and oxygen atoms in total. The van der Waals surface area contributed by atoms with Crippen LogP contribution >= 0.6 is 0 Å². The standard InChI is InChI=1S/C16H19NO3/c1-3-15(19)14-8-5-9-17(16(14)20)13-7-4-6-12(10-13)11(2)18/h4,6-7,10,14H,3,5,8-9H2,1-2H3/t14-/m1/s1. The summed E-state index contributed by atoms with van der Waals surface area (Å²) in [4.78, 5) is 37.3. The highest BCUT2D eigenvalue weighted by Crippen LogP contribution is 2.26. The molecule has 4 heteroatoms.